The Morgan fingerprint density at radius 3 is 2.51 bits per heavy atom. The van der Waals surface area contributed by atoms with Crippen LogP contribution in [0.15, 0.2) is 42.6 Å². The molecule has 0 saturated carbocycles. The van der Waals surface area contributed by atoms with Crippen LogP contribution in [-0.4, -0.2) is 67.8 Å². The molecule has 0 bridgehead atoms. The summed E-state index contributed by atoms with van der Waals surface area (Å²) in [5.41, 5.74) is 1.26. The predicted octanol–water partition coefficient (Wildman–Crippen LogP) is 3.43. The van der Waals surface area contributed by atoms with Crippen LogP contribution in [-0.2, 0) is 27.2 Å². The summed E-state index contributed by atoms with van der Waals surface area (Å²) in [6.45, 7) is 7.92. The SMILES string of the molecule is COc1ccc(CC2NC[C@H](OC(=O)OC(C)(C)C)[C@H]2OC(=O)NCc2ccnc(N3CCC3)c2)cc1. The number of carbonyl (C=O) groups excluding carboxylic acids is 2. The van der Waals surface area contributed by atoms with Gasteiger partial charge in [-0.25, -0.2) is 14.6 Å². The van der Waals surface area contributed by atoms with E-state index in [1.807, 2.05) is 36.4 Å². The molecule has 2 aliphatic rings. The maximum absolute atomic E-state index is 12.8. The van der Waals surface area contributed by atoms with Gasteiger partial charge in [-0.15, -0.1) is 0 Å². The molecule has 2 fully saturated rings. The Bertz CT molecular complexity index is 1070. The molecule has 0 aliphatic carbocycles. The second-order valence-corrected chi connectivity index (χ2v) is 10.3. The van der Waals surface area contributed by atoms with E-state index in [1.54, 1.807) is 34.1 Å². The zero-order valence-electron chi connectivity index (χ0n) is 21.9. The second-order valence-electron chi connectivity index (χ2n) is 10.3. The molecule has 37 heavy (non-hydrogen) atoms. The number of ether oxygens (including phenoxy) is 4. The van der Waals surface area contributed by atoms with E-state index in [1.165, 1.54) is 0 Å². The molecule has 200 valence electrons. The number of pyridine rings is 1. The third-order valence-corrected chi connectivity index (χ3v) is 6.27. The molecule has 2 aliphatic heterocycles. The van der Waals surface area contributed by atoms with E-state index < -0.39 is 30.1 Å². The van der Waals surface area contributed by atoms with Crippen LogP contribution in [0.1, 0.15) is 38.3 Å². The minimum Gasteiger partial charge on any atom is -0.497 e. The molecule has 10 nitrogen and oxygen atoms in total. The summed E-state index contributed by atoms with van der Waals surface area (Å²) in [6.07, 6.45) is 0.691. The van der Waals surface area contributed by atoms with Gasteiger partial charge in [0.2, 0.25) is 0 Å². The first-order chi connectivity index (χ1) is 17.7. The van der Waals surface area contributed by atoms with Gasteiger partial charge in [-0.3, -0.25) is 0 Å². The minimum absolute atomic E-state index is 0.259. The number of nitrogens with one attached hydrogen (secondary N) is 2. The molecule has 2 N–H and O–H groups in total. The zero-order valence-corrected chi connectivity index (χ0v) is 21.9. The fraction of sp³-hybridized carbons (Fsp3) is 0.519. The molecule has 1 amide bonds. The van der Waals surface area contributed by atoms with Crippen LogP contribution in [0.4, 0.5) is 15.4 Å². The molecule has 2 saturated heterocycles. The number of hydrogen-bond acceptors (Lipinski definition) is 9. The van der Waals surface area contributed by atoms with E-state index in [9.17, 15) is 9.59 Å². The molecular weight excluding hydrogens is 476 g/mol. The summed E-state index contributed by atoms with van der Waals surface area (Å²) in [6, 6.07) is 11.2. The van der Waals surface area contributed by atoms with Crippen molar-refractivity contribution in [1.82, 2.24) is 15.6 Å². The minimum atomic E-state index is -0.797. The van der Waals surface area contributed by atoms with Crippen LogP contribution in [0.3, 0.4) is 0 Å². The second kappa shape index (κ2) is 11.7. The van der Waals surface area contributed by atoms with Gasteiger partial charge in [0.15, 0.2) is 12.2 Å². The van der Waals surface area contributed by atoms with Crippen molar-refractivity contribution in [1.29, 1.82) is 0 Å². The summed E-state index contributed by atoms with van der Waals surface area (Å²) >= 11 is 0. The predicted molar refractivity (Wildman–Crippen MR) is 138 cm³/mol. The number of alkyl carbamates (subject to hydrolysis) is 1. The van der Waals surface area contributed by atoms with Gasteiger partial charge in [0.1, 0.15) is 17.2 Å². The van der Waals surface area contributed by atoms with Crippen molar-refractivity contribution >= 4 is 18.1 Å². The maximum Gasteiger partial charge on any atom is 0.509 e. The lowest BCUT2D eigenvalue weighted by Gasteiger charge is -2.32. The summed E-state index contributed by atoms with van der Waals surface area (Å²) in [5.74, 6) is 1.67. The molecule has 3 atom stereocenters. The van der Waals surface area contributed by atoms with E-state index in [4.69, 9.17) is 18.9 Å². The molecule has 4 rings (SSSR count). The number of anilines is 1. The Hall–Kier alpha value is -3.53. The lowest BCUT2D eigenvalue weighted by molar-refractivity contribution is -0.0518. The van der Waals surface area contributed by atoms with Crippen molar-refractivity contribution in [3.8, 4) is 5.75 Å². The Kier molecular flexibility index (Phi) is 8.38. The van der Waals surface area contributed by atoms with Crippen molar-refractivity contribution in [3.63, 3.8) is 0 Å². The van der Waals surface area contributed by atoms with E-state index in [-0.39, 0.29) is 6.04 Å². The number of amides is 1. The van der Waals surface area contributed by atoms with E-state index in [0.717, 1.165) is 42.2 Å². The fourth-order valence-electron chi connectivity index (χ4n) is 4.26. The molecule has 0 radical (unpaired) electrons. The average Bonchev–Trinajstić information content (AvgIpc) is 3.16. The highest BCUT2D eigenvalue weighted by Gasteiger charge is 2.42. The highest BCUT2D eigenvalue weighted by molar-refractivity contribution is 5.68. The summed E-state index contributed by atoms with van der Waals surface area (Å²) in [7, 11) is 1.62. The largest absolute Gasteiger partial charge is 0.509 e. The lowest BCUT2D eigenvalue weighted by Crippen LogP contribution is -2.43. The van der Waals surface area contributed by atoms with Gasteiger partial charge < -0.3 is 34.5 Å². The molecular formula is C27H36N4O6. The van der Waals surface area contributed by atoms with Gasteiger partial charge in [-0.2, -0.15) is 0 Å². The number of benzene rings is 1. The third-order valence-electron chi connectivity index (χ3n) is 6.27. The molecule has 1 unspecified atom stereocenters. The number of aromatic nitrogens is 1. The van der Waals surface area contributed by atoms with Crippen LogP contribution in [0.2, 0.25) is 0 Å². The molecule has 1 aromatic heterocycles. The van der Waals surface area contributed by atoms with Crippen molar-refractivity contribution in [3.05, 3.63) is 53.7 Å². The number of methoxy groups -OCH3 is 1. The summed E-state index contributed by atoms with van der Waals surface area (Å²) in [4.78, 5) is 31.8. The normalized spacial score (nSPS) is 21.1. The fourth-order valence-corrected chi connectivity index (χ4v) is 4.26. The first-order valence-electron chi connectivity index (χ1n) is 12.6. The van der Waals surface area contributed by atoms with E-state index >= 15 is 0 Å². The monoisotopic (exact) mass is 512 g/mol. The van der Waals surface area contributed by atoms with Gasteiger partial charge in [-0.05, 0) is 69.0 Å². The first-order valence-corrected chi connectivity index (χ1v) is 12.6. The quantitative estimate of drug-likeness (QED) is 0.514. The lowest BCUT2D eigenvalue weighted by atomic mass is 10.0. The number of hydrogen-bond donors (Lipinski definition) is 2. The molecule has 10 heteroatoms. The standard InChI is InChI=1S/C27H36N4O6/c1-27(2,3)37-26(33)35-22-17-29-21(14-18-6-8-20(34-4)9-7-18)24(22)36-25(32)30-16-19-10-11-28-23(15-19)31-12-5-13-31/h6-11,15,21-22,24,29H,5,12-14,16-17H2,1-4H3,(H,30,32)/t21?,22-,24-/m0/s1. The van der Waals surface area contributed by atoms with Gasteiger partial charge >= 0.3 is 12.2 Å². The highest BCUT2D eigenvalue weighted by atomic mass is 16.7. The van der Waals surface area contributed by atoms with Crippen LogP contribution < -0.4 is 20.3 Å². The van der Waals surface area contributed by atoms with Crippen molar-refractivity contribution in [2.45, 2.75) is 64.0 Å². The smallest absolute Gasteiger partial charge is 0.497 e. The number of nitrogens with zero attached hydrogens (tertiary/aromatic N) is 2. The van der Waals surface area contributed by atoms with E-state index in [0.29, 0.717) is 19.5 Å². The molecule has 1 aromatic carbocycles. The Morgan fingerprint density at radius 1 is 1.11 bits per heavy atom. The maximum atomic E-state index is 12.8. The van der Waals surface area contributed by atoms with Crippen molar-refractivity contribution in [2.75, 3.05) is 31.6 Å². The van der Waals surface area contributed by atoms with Crippen LogP contribution in [0, 0.1) is 0 Å². The Labute approximate surface area is 217 Å². The number of rotatable bonds is 8. The third kappa shape index (κ3) is 7.48. The topological polar surface area (TPSA) is 111 Å². The first kappa shape index (κ1) is 26.5. The van der Waals surface area contributed by atoms with Crippen LogP contribution >= 0.6 is 0 Å². The average molecular weight is 513 g/mol. The van der Waals surface area contributed by atoms with Crippen molar-refractivity contribution < 1.29 is 28.5 Å². The van der Waals surface area contributed by atoms with Gasteiger partial charge in [0.05, 0.1) is 13.2 Å². The molecule has 2 aromatic rings. The summed E-state index contributed by atoms with van der Waals surface area (Å²) < 4.78 is 21.9. The van der Waals surface area contributed by atoms with Gasteiger partial charge in [0.25, 0.3) is 0 Å². The molecule has 0 spiro atoms. The summed E-state index contributed by atoms with van der Waals surface area (Å²) in [5, 5.41) is 6.15. The number of carbonyl (C=O) groups is 2. The van der Waals surface area contributed by atoms with Gasteiger partial charge in [0, 0.05) is 32.4 Å². The molecule has 3 heterocycles. The highest BCUT2D eigenvalue weighted by Crippen LogP contribution is 2.23. The van der Waals surface area contributed by atoms with Crippen LogP contribution in [0.25, 0.3) is 0 Å². The van der Waals surface area contributed by atoms with Gasteiger partial charge in [-0.1, -0.05) is 12.1 Å². The van der Waals surface area contributed by atoms with E-state index in [2.05, 4.69) is 20.5 Å². The van der Waals surface area contributed by atoms with Crippen LogP contribution in [0.5, 0.6) is 5.75 Å². The zero-order chi connectivity index (χ0) is 26.4. The Morgan fingerprint density at radius 2 is 1.86 bits per heavy atom. The van der Waals surface area contributed by atoms with Crippen molar-refractivity contribution in [2.24, 2.45) is 0 Å². The Balaban J connectivity index is 1.40.